The Morgan fingerprint density at radius 1 is 1.37 bits per heavy atom. The van der Waals surface area contributed by atoms with Crippen LogP contribution >= 0.6 is 7.37 Å². The smallest absolute Gasteiger partial charge is 0.338 e. The van der Waals surface area contributed by atoms with Gasteiger partial charge in [0.15, 0.2) is 0 Å². The molecule has 102 valence electrons. The third-order valence-corrected chi connectivity index (χ3v) is 5.18. The van der Waals surface area contributed by atoms with E-state index in [9.17, 15) is 9.36 Å². The molecule has 2 atom stereocenters. The van der Waals surface area contributed by atoms with Crippen molar-refractivity contribution in [2.75, 3.05) is 13.3 Å². The van der Waals surface area contributed by atoms with E-state index in [2.05, 4.69) is 0 Å². The Morgan fingerprint density at radius 2 is 2.00 bits per heavy atom. The van der Waals surface area contributed by atoms with Gasteiger partial charge in [-0.2, -0.15) is 0 Å². The quantitative estimate of drug-likeness (QED) is 0.628. The zero-order valence-electron chi connectivity index (χ0n) is 11.3. The molecule has 0 aliphatic carbocycles. The van der Waals surface area contributed by atoms with Gasteiger partial charge in [0.1, 0.15) is 11.4 Å². The maximum atomic E-state index is 12.6. The topological polar surface area (TPSA) is 52.6 Å². The minimum absolute atomic E-state index is 0.283. The summed E-state index contributed by atoms with van der Waals surface area (Å²) in [6, 6.07) is 9.28. The summed E-state index contributed by atoms with van der Waals surface area (Å²) >= 11 is 0. The molecular weight excluding hydrogens is 263 g/mol. The summed E-state index contributed by atoms with van der Waals surface area (Å²) in [5.41, 5.74) is 0.653. The maximum Gasteiger partial charge on any atom is 0.338 e. The fraction of sp³-hybridized carbons (Fsp3) is 0.357. The molecule has 0 radical (unpaired) electrons. The van der Waals surface area contributed by atoms with Gasteiger partial charge in [-0.15, -0.1) is 0 Å². The van der Waals surface area contributed by atoms with Gasteiger partial charge in [0, 0.05) is 6.66 Å². The molecule has 0 N–H and O–H groups in total. The first-order chi connectivity index (χ1) is 8.97. The number of allylic oxidation sites excluding steroid dienone is 1. The number of esters is 1. The molecule has 19 heavy (non-hydrogen) atoms. The molecule has 0 amide bonds. The van der Waals surface area contributed by atoms with Crippen molar-refractivity contribution in [1.29, 1.82) is 0 Å². The van der Waals surface area contributed by atoms with E-state index in [0.29, 0.717) is 11.3 Å². The Hall–Kier alpha value is -1.54. The van der Waals surface area contributed by atoms with Crippen molar-refractivity contribution in [3.05, 3.63) is 47.2 Å². The van der Waals surface area contributed by atoms with Crippen LogP contribution in [0.25, 0.3) is 0 Å². The Kier molecular flexibility index (Phi) is 3.81. The molecule has 0 bridgehead atoms. The van der Waals surface area contributed by atoms with E-state index in [1.165, 1.54) is 0 Å². The van der Waals surface area contributed by atoms with Gasteiger partial charge >= 0.3 is 5.97 Å². The molecular formula is C14H17O4P. The average molecular weight is 280 g/mol. The van der Waals surface area contributed by atoms with E-state index in [1.807, 2.05) is 30.3 Å². The van der Waals surface area contributed by atoms with Gasteiger partial charge in [0.2, 0.25) is 0 Å². The first kappa shape index (κ1) is 13.9. The first-order valence-electron chi connectivity index (χ1n) is 6.17. The molecule has 0 fully saturated rings. The van der Waals surface area contributed by atoms with Crippen molar-refractivity contribution in [2.45, 2.75) is 19.5 Å². The molecule has 1 aliphatic heterocycles. The molecule has 1 aliphatic rings. The van der Waals surface area contributed by atoms with Crippen LogP contribution in [-0.2, 0) is 18.6 Å². The Bertz CT molecular complexity index is 562. The van der Waals surface area contributed by atoms with Crippen LogP contribution in [0, 0.1) is 0 Å². The van der Waals surface area contributed by atoms with Crippen molar-refractivity contribution in [3.8, 4) is 0 Å². The van der Waals surface area contributed by atoms with Crippen LogP contribution in [0.1, 0.15) is 25.1 Å². The van der Waals surface area contributed by atoms with Crippen LogP contribution in [0.3, 0.4) is 0 Å². The predicted molar refractivity (Wildman–Crippen MR) is 73.1 cm³/mol. The second-order valence-electron chi connectivity index (χ2n) is 4.50. The lowest BCUT2D eigenvalue weighted by Crippen LogP contribution is -2.13. The molecule has 0 spiro atoms. The van der Waals surface area contributed by atoms with Crippen LogP contribution in [0.15, 0.2) is 41.7 Å². The number of hydrogen-bond acceptors (Lipinski definition) is 4. The van der Waals surface area contributed by atoms with E-state index in [0.717, 1.165) is 5.56 Å². The molecule has 0 aromatic heterocycles. The van der Waals surface area contributed by atoms with E-state index in [1.54, 1.807) is 20.5 Å². The number of carbonyl (C=O) groups is 1. The van der Waals surface area contributed by atoms with Crippen LogP contribution in [0.2, 0.25) is 0 Å². The fourth-order valence-corrected chi connectivity index (χ4v) is 4.56. The minimum atomic E-state index is -2.94. The lowest BCUT2D eigenvalue weighted by atomic mass is 10.0. The van der Waals surface area contributed by atoms with E-state index >= 15 is 0 Å². The van der Waals surface area contributed by atoms with Gasteiger partial charge in [-0.1, -0.05) is 30.3 Å². The second-order valence-corrected chi connectivity index (χ2v) is 7.02. The Balaban J connectivity index is 2.48. The standard InChI is InChI=1S/C14H17O4P/c1-4-17-14(15)12-10(2)18-19(3,16)13(12)11-8-6-5-7-9-11/h5-9,13H,4H2,1-3H3. The number of hydrogen-bond donors (Lipinski definition) is 0. The van der Waals surface area contributed by atoms with Gasteiger partial charge in [0.25, 0.3) is 7.37 Å². The third kappa shape index (κ3) is 2.59. The highest BCUT2D eigenvalue weighted by atomic mass is 31.2. The van der Waals surface area contributed by atoms with Crippen LogP contribution < -0.4 is 0 Å². The summed E-state index contributed by atoms with van der Waals surface area (Å²) in [6.07, 6.45) is 0. The number of ether oxygens (including phenoxy) is 1. The lowest BCUT2D eigenvalue weighted by molar-refractivity contribution is -0.138. The molecule has 0 saturated heterocycles. The molecule has 1 aromatic carbocycles. The van der Waals surface area contributed by atoms with Gasteiger partial charge < -0.3 is 9.26 Å². The summed E-state index contributed by atoms with van der Waals surface area (Å²) in [5.74, 6) is -0.0495. The fourth-order valence-electron chi connectivity index (χ4n) is 2.34. The zero-order valence-corrected chi connectivity index (χ0v) is 12.1. The Morgan fingerprint density at radius 3 is 2.58 bits per heavy atom. The van der Waals surface area contributed by atoms with E-state index < -0.39 is 19.0 Å². The van der Waals surface area contributed by atoms with E-state index in [-0.39, 0.29) is 6.61 Å². The van der Waals surface area contributed by atoms with Crippen molar-refractivity contribution in [1.82, 2.24) is 0 Å². The van der Waals surface area contributed by atoms with Crippen molar-refractivity contribution in [3.63, 3.8) is 0 Å². The van der Waals surface area contributed by atoms with E-state index in [4.69, 9.17) is 9.26 Å². The third-order valence-electron chi connectivity index (χ3n) is 3.05. The van der Waals surface area contributed by atoms with Gasteiger partial charge in [-0.3, -0.25) is 4.57 Å². The normalized spacial score (nSPS) is 26.2. The highest BCUT2D eigenvalue weighted by molar-refractivity contribution is 7.59. The SMILES string of the molecule is CCOC(=O)C1=C(C)OP(C)(=O)C1c1ccccc1. The molecule has 4 nitrogen and oxygen atoms in total. The van der Waals surface area contributed by atoms with Gasteiger partial charge in [-0.05, 0) is 19.4 Å². The summed E-state index contributed by atoms with van der Waals surface area (Å²) in [4.78, 5) is 12.0. The van der Waals surface area contributed by atoms with Gasteiger partial charge in [-0.25, -0.2) is 4.79 Å². The minimum Gasteiger partial charge on any atom is -0.463 e. The summed E-state index contributed by atoms with van der Waals surface area (Å²) < 4.78 is 23.1. The summed E-state index contributed by atoms with van der Waals surface area (Å²) in [5, 5.41) is 0. The summed E-state index contributed by atoms with van der Waals surface area (Å²) in [7, 11) is -2.94. The number of carbonyl (C=O) groups excluding carboxylic acids is 1. The predicted octanol–water partition coefficient (Wildman–Crippen LogP) is 3.50. The van der Waals surface area contributed by atoms with Crippen LogP contribution in [0.4, 0.5) is 0 Å². The second kappa shape index (κ2) is 5.22. The first-order valence-corrected chi connectivity index (χ1v) is 8.31. The molecule has 5 heteroatoms. The molecule has 2 rings (SSSR count). The average Bonchev–Trinajstić information content (AvgIpc) is 2.60. The number of rotatable bonds is 3. The molecule has 1 aromatic rings. The lowest BCUT2D eigenvalue weighted by Gasteiger charge is -2.17. The largest absolute Gasteiger partial charge is 0.463 e. The Labute approximate surface area is 112 Å². The zero-order chi connectivity index (χ0) is 14.0. The number of benzene rings is 1. The maximum absolute atomic E-state index is 12.6. The molecule has 1 heterocycles. The van der Waals surface area contributed by atoms with Crippen molar-refractivity contribution in [2.24, 2.45) is 0 Å². The van der Waals surface area contributed by atoms with Crippen LogP contribution in [-0.4, -0.2) is 19.2 Å². The summed E-state index contributed by atoms with van der Waals surface area (Å²) in [6.45, 7) is 5.24. The monoisotopic (exact) mass is 280 g/mol. The van der Waals surface area contributed by atoms with Crippen LogP contribution in [0.5, 0.6) is 0 Å². The van der Waals surface area contributed by atoms with Crippen molar-refractivity contribution >= 4 is 13.3 Å². The van der Waals surface area contributed by atoms with Crippen molar-refractivity contribution < 1.29 is 18.6 Å². The highest BCUT2D eigenvalue weighted by Gasteiger charge is 2.45. The van der Waals surface area contributed by atoms with Gasteiger partial charge in [0.05, 0.1) is 12.2 Å². The molecule has 0 saturated carbocycles. The molecule has 2 unspecified atom stereocenters. The highest BCUT2D eigenvalue weighted by Crippen LogP contribution is 2.66.